The van der Waals surface area contributed by atoms with E-state index in [1.54, 1.807) is 42.3 Å². The highest BCUT2D eigenvalue weighted by Gasteiger charge is 2.05. The number of ether oxygens (including phenoxy) is 1. The van der Waals surface area contributed by atoms with Gasteiger partial charge in [0.15, 0.2) is 5.96 Å². The molecule has 2 aromatic rings. The van der Waals surface area contributed by atoms with Gasteiger partial charge in [0.05, 0.1) is 19.3 Å². The van der Waals surface area contributed by atoms with Gasteiger partial charge in [-0.15, -0.1) is 24.0 Å². The molecule has 2 rings (SSSR count). The number of aromatic nitrogens is 2. The van der Waals surface area contributed by atoms with Crippen molar-refractivity contribution in [1.82, 2.24) is 25.7 Å². The lowest BCUT2D eigenvalue weighted by molar-refractivity contribution is 0.0954. The number of guanidine groups is 1. The summed E-state index contributed by atoms with van der Waals surface area (Å²) in [5.74, 6) is 1.31. The first-order valence-electron chi connectivity index (χ1n) is 8.55. The monoisotopic (exact) mass is 486 g/mol. The summed E-state index contributed by atoms with van der Waals surface area (Å²) in [5.41, 5.74) is 1.62. The van der Waals surface area contributed by atoms with Crippen LogP contribution in [0.2, 0.25) is 0 Å². The van der Waals surface area contributed by atoms with E-state index in [4.69, 9.17) is 4.74 Å². The second kappa shape index (κ2) is 12.2. The fraction of sp³-hybridized carbons (Fsp3) is 0.389. The van der Waals surface area contributed by atoms with Crippen LogP contribution in [-0.4, -0.2) is 48.4 Å². The fourth-order valence-corrected chi connectivity index (χ4v) is 2.26. The Kier molecular flexibility index (Phi) is 10.2. The number of hydrogen-bond donors (Lipinski definition) is 3. The summed E-state index contributed by atoms with van der Waals surface area (Å²) in [6.45, 7) is 4.35. The summed E-state index contributed by atoms with van der Waals surface area (Å²) in [7, 11) is 3.48. The predicted molar refractivity (Wildman–Crippen MR) is 117 cm³/mol. The summed E-state index contributed by atoms with van der Waals surface area (Å²) in [5, 5.41) is 13.4. The first-order valence-corrected chi connectivity index (χ1v) is 8.55. The molecule has 0 unspecified atom stereocenters. The van der Waals surface area contributed by atoms with Crippen molar-refractivity contribution in [2.45, 2.75) is 13.5 Å². The minimum atomic E-state index is -0.119. The number of amides is 1. The number of carbonyl (C=O) groups is 1. The van der Waals surface area contributed by atoms with E-state index in [2.05, 4.69) is 26.0 Å². The van der Waals surface area contributed by atoms with Gasteiger partial charge in [-0.25, -0.2) is 4.99 Å². The van der Waals surface area contributed by atoms with Crippen LogP contribution in [0.25, 0.3) is 0 Å². The molecule has 9 heteroatoms. The number of hydrogen-bond acceptors (Lipinski definition) is 4. The Morgan fingerprint density at radius 1 is 1.15 bits per heavy atom. The highest BCUT2D eigenvalue weighted by Crippen LogP contribution is 2.10. The van der Waals surface area contributed by atoms with Crippen LogP contribution in [0.1, 0.15) is 23.0 Å². The van der Waals surface area contributed by atoms with E-state index in [0.29, 0.717) is 31.2 Å². The summed E-state index contributed by atoms with van der Waals surface area (Å²) in [6, 6.07) is 8.94. The smallest absolute Gasteiger partial charge is 0.251 e. The molecule has 0 radical (unpaired) electrons. The molecule has 8 nitrogen and oxygen atoms in total. The van der Waals surface area contributed by atoms with Crippen molar-refractivity contribution in [2.24, 2.45) is 12.0 Å². The number of nitrogens with one attached hydrogen (secondary N) is 3. The molecule has 0 bridgehead atoms. The van der Waals surface area contributed by atoms with Crippen molar-refractivity contribution in [3.05, 3.63) is 47.8 Å². The number of rotatable bonds is 8. The topological polar surface area (TPSA) is 92.6 Å². The minimum absolute atomic E-state index is 0. The number of carbonyl (C=O) groups excluding carboxylic acids is 1. The van der Waals surface area contributed by atoms with E-state index in [9.17, 15) is 4.79 Å². The Hall–Kier alpha value is -2.30. The van der Waals surface area contributed by atoms with Crippen molar-refractivity contribution >= 4 is 35.8 Å². The normalized spacial score (nSPS) is 10.7. The molecule has 0 aliphatic heterocycles. The first kappa shape index (κ1) is 22.7. The molecular weight excluding hydrogens is 459 g/mol. The number of halogens is 1. The van der Waals surface area contributed by atoms with E-state index < -0.39 is 0 Å². The van der Waals surface area contributed by atoms with Gasteiger partial charge < -0.3 is 20.7 Å². The first-order chi connectivity index (χ1) is 12.6. The lowest BCUT2D eigenvalue weighted by Gasteiger charge is -2.12. The molecule has 27 heavy (non-hydrogen) atoms. The van der Waals surface area contributed by atoms with E-state index >= 15 is 0 Å². The predicted octanol–water partition coefficient (Wildman–Crippen LogP) is 1.53. The van der Waals surface area contributed by atoms with Gasteiger partial charge >= 0.3 is 0 Å². The van der Waals surface area contributed by atoms with Crippen LogP contribution >= 0.6 is 24.0 Å². The Balaban J connectivity index is 0.00000364. The second-order valence-electron chi connectivity index (χ2n) is 5.55. The maximum atomic E-state index is 12.1. The molecule has 0 aliphatic rings. The third-order valence-corrected chi connectivity index (χ3v) is 3.72. The lowest BCUT2D eigenvalue weighted by atomic mass is 10.2. The van der Waals surface area contributed by atoms with Crippen molar-refractivity contribution in [3.8, 4) is 5.75 Å². The van der Waals surface area contributed by atoms with E-state index in [0.717, 1.165) is 18.0 Å². The van der Waals surface area contributed by atoms with Gasteiger partial charge in [-0.05, 0) is 37.3 Å². The van der Waals surface area contributed by atoms with Crippen LogP contribution in [0.15, 0.2) is 41.5 Å². The second-order valence-corrected chi connectivity index (χ2v) is 5.55. The highest BCUT2D eigenvalue weighted by atomic mass is 127. The molecular formula is C18H27IN6O2. The minimum Gasteiger partial charge on any atom is -0.497 e. The van der Waals surface area contributed by atoms with Gasteiger partial charge in [-0.3, -0.25) is 9.48 Å². The van der Waals surface area contributed by atoms with Crippen LogP contribution in [0.5, 0.6) is 5.75 Å². The summed E-state index contributed by atoms with van der Waals surface area (Å²) in [4.78, 5) is 16.6. The number of benzene rings is 1. The summed E-state index contributed by atoms with van der Waals surface area (Å²) in [6.07, 6.45) is 1.75. The molecule has 1 aromatic carbocycles. The molecule has 1 heterocycles. The fourth-order valence-electron chi connectivity index (χ4n) is 2.26. The number of aryl methyl sites for hydroxylation is 1. The van der Waals surface area contributed by atoms with Gasteiger partial charge in [0.25, 0.3) is 5.91 Å². The molecule has 0 aliphatic carbocycles. The standard InChI is InChI=1S/C18H26N6O2.HI/c1-4-19-18(22-13-15-9-10-23-24(15)2)21-12-11-20-17(25)14-5-7-16(26-3)8-6-14;/h5-10H,4,11-13H2,1-3H3,(H,20,25)(H2,19,21,22);1H. The molecule has 1 aromatic heterocycles. The summed E-state index contributed by atoms with van der Waals surface area (Å²) >= 11 is 0. The van der Waals surface area contributed by atoms with E-state index in [-0.39, 0.29) is 29.9 Å². The zero-order chi connectivity index (χ0) is 18.8. The van der Waals surface area contributed by atoms with Gasteiger partial charge in [0, 0.05) is 38.4 Å². The van der Waals surface area contributed by atoms with Crippen molar-refractivity contribution in [3.63, 3.8) is 0 Å². The molecule has 1 amide bonds. The van der Waals surface area contributed by atoms with Crippen LogP contribution in [0.3, 0.4) is 0 Å². The van der Waals surface area contributed by atoms with E-state index in [1.807, 2.05) is 20.0 Å². The van der Waals surface area contributed by atoms with Crippen LogP contribution in [0, 0.1) is 0 Å². The Labute approximate surface area is 176 Å². The zero-order valence-electron chi connectivity index (χ0n) is 15.9. The zero-order valence-corrected chi connectivity index (χ0v) is 18.2. The maximum absolute atomic E-state index is 12.1. The van der Waals surface area contributed by atoms with Gasteiger partial charge in [-0.1, -0.05) is 0 Å². The molecule has 0 saturated carbocycles. The molecule has 0 atom stereocenters. The van der Waals surface area contributed by atoms with Crippen molar-refractivity contribution in [1.29, 1.82) is 0 Å². The van der Waals surface area contributed by atoms with Gasteiger partial charge in [0.2, 0.25) is 0 Å². The van der Waals surface area contributed by atoms with Crippen LogP contribution in [-0.2, 0) is 13.6 Å². The third-order valence-electron chi connectivity index (χ3n) is 3.72. The number of aliphatic imine (C=N–C) groups is 1. The van der Waals surface area contributed by atoms with Crippen LogP contribution in [0.4, 0.5) is 0 Å². The molecule has 0 fully saturated rings. The number of nitrogens with zero attached hydrogens (tertiary/aromatic N) is 3. The molecule has 3 N–H and O–H groups in total. The third kappa shape index (κ3) is 7.45. The number of methoxy groups -OCH3 is 1. The molecule has 148 valence electrons. The van der Waals surface area contributed by atoms with Crippen molar-refractivity contribution < 1.29 is 9.53 Å². The molecule has 0 saturated heterocycles. The highest BCUT2D eigenvalue weighted by molar-refractivity contribution is 14.0. The quantitative estimate of drug-likeness (QED) is 0.228. The Morgan fingerprint density at radius 2 is 1.85 bits per heavy atom. The van der Waals surface area contributed by atoms with Crippen LogP contribution < -0.4 is 20.7 Å². The lowest BCUT2D eigenvalue weighted by Crippen LogP contribution is -2.41. The molecule has 0 spiro atoms. The van der Waals surface area contributed by atoms with Gasteiger partial charge in [0.1, 0.15) is 5.75 Å². The Bertz CT molecular complexity index is 730. The maximum Gasteiger partial charge on any atom is 0.251 e. The SMILES string of the molecule is CCNC(=NCc1ccnn1C)NCCNC(=O)c1ccc(OC)cc1.I. The average Bonchev–Trinajstić information content (AvgIpc) is 3.07. The van der Waals surface area contributed by atoms with Crippen molar-refractivity contribution in [2.75, 3.05) is 26.7 Å². The largest absolute Gasteiger partial charge is 0.497 e. The summed E-state index contributed by atoms with van der Waals surface area (Å²) < 4.78 is 6.88. The van der Waals surface area contributed by atoms with Gasteiger partial charge in [-0.2, -0.15) is 5.10 Å². The van der Waals surface area contributed by atoms with E-state index in [1.165, 1.54) is 0 Å². The Morgan fingerprint density at radius 3 is 2.44 bits per heavy atom. The average molecular weight is 486 g/mol.